The molecule has 1 atom stereocenters. The van der Waals surface area contributed by atoms with Crippen molar-refractivity contribution in [3.05, 3.63) is 71.8 Å². The van der Waals surface area contributed by atoms with Gasteiger partial charge in [0.15, 0.2) is 11.5 Å². The molecule has 0 heterocycles. The number of ether oxygens (including phenoxy) is 2. The molecule has 0 spiro atoms. The monoisotopic (exact) mass is 506 g/mol. The molecule has 0 saturated carbocycles. The molecule has 0 fully saturated rings. The van der Waals surface area contributed by atoms with E-state index in [1.165, 1.54) is 42.1 Å². The first kappa shape index (κ1) is 24.8. The van der Waals surface area contributed by atoms with Gasteiger partial charge in [0, 0.05) is 15.6 Å². The summed E-state index contributed by atoms with van der Waals surface area (Å²) >= 11 is 7.27. The molecule has 0 aliphatic heterocycles. The Morgan fingerprint density at radius 2 is 1.64 bits per heavy atom. The number of sulfonamides is 1. The summed E-state index contributed by atoms with van der Waals surface area (Å²) in [5, 5.41) is 2.82. The van der Waals surface area contributed by atoms with Gasteiger partial charge in [0.05, 0.1) is 30.1 Å². The van der Waals surface area contributed by atoms with Gasteiger partial charge >= 0.3 is 0 Å². The molecular formula is C23H23ClN2O5S2. The number of amides is 1. The van der Waals surface area contributed by atoms with Gasteiger partial charge in [-0.15, -0.1) is 11.8 Å². The minimum absolute atomic E-state index is 0.0632. The van der Waals surface area contributed by atoms with Crippen LogP contribution in [0, 0.1) is 0 Å². The summed E-state index contributed by atoms with van der Waals surface area (Å²) in [6.07, 6.45) is 0. The van der Waals surface area contributed by atoms with Crippen molar-refractivity contribution < 1.29 is 22.7 Å². The van der Waals surface area contributed by atoms with Crippen LogP contribution in [0.5, 0.6) is 11.5 Å². The molecule has 0 bridgehead atoms. The first-order valence-corrected chi connectivity index (χ1v) is 12.5. The molecule has 3 rings (SSSR count). The highest BCUT2D eigenvalue weighted by molar-refractivity contribution is 8.00. The van der Waals surface area contributed by atoms with Crippen molar-refractivity contribution in [2.45, 2.75) is 22.0 Å². The summed E-state index contributed by atoms with van der Waals surface area (Å²) in [5.74, 6) is 0.972. The van der Waals surface area contributed by atoms with E-state index in [1.807, 2.05) is 6.07 Å². The zero-order chi connectivity index (χ0) is 24.0. The Balaban J connectivity index is 1.63. The molecule has 0 aromatic heterocycles. The van der Waals surface area contributed by atoms with E-state index in [0.29, 0.717) is 27.9 Å². The Morgan fingerprint density at radius 3 is 2.27 bits per heavy atom. The lowest BCUT2D eigenvalue weighted by Gasteiger charge is -2.14. The van der Waals surface area contributed by atoms with E-state index in [-0.39, 0.29) is 10.8 Å². The van der Waals surface area contributed by atoms with Crippen LogP contribution in [0.25, 0.3) is 0 Å². The fourth-order valence-corrected chi connectivity index (χ4v) is 5.01. The number of hydrogen-bond donors (Lipinski definition) is 2. The summed E-state index contributed by atoms with van der Waals surface area (Å²) < 4.78 is 38.2. The Kier molecular flexibility index (Phi) is 8.12. The average Bonchev–Trinajstić information content (AvgIpc) is 2.79. The second-order valence-corrected chi connectivity index (χ2v) is 10.4. The van der Waals surface area contributed by atoms with E-state index in [4.69, 9.17) is 21.1 Å². The van der Waals surface area contributed by atoms with E-state index >= 15 is 0 Å². The highest BCUT2D eigenvalue weighted by Gasteiger charge is 2.18. The molecule has 0 aliphatic carbocycles. The van der Waals surface area contributed by atoms with E-state index in [9.17, 15) is 13.2 Å². The van der Waals surface area contributed by atoms with Gasteiger partial charge in [-0.1, -0.05) is 17.7 Å². The fraction of sp³-hybridized carbons (Fsp3) is 0.174. The SMILES string of the molecule is COc1ccc(S[C@@H](C)C(=O)Nc2ccc(S(=O)(=O)Nc3cccc(Cl)c3)cc2)cc1OC. The Labute approximate surface area is 202 Å². The lowest BCUT2D eigenvalue weighted by molar-refractivity contribution is -0.115. The third kappa shape index (κ3) is 6.56. The van der Waals surface area contributed by atoms with Gasteiger partial charge in [0.25, 0.3) is 10.0 Å². The number of benzene rings is 3. The van der Waals surface area contributed by atoms with Crippen LogP contribution < -0.4 is 19.5 Å². The lowest BCUT2D eigenvalue weighted by Crippen LogP contribution is -2.22. The van der Waals surface area contributed by atoms with Gasteiger partial charge in [-0.3, -0.25) is 9.52 Å². The Hall–Kier alpha value is -2.88. The van der Waals surface area contributed by atoms with Crippen molar-refractivity contribution in [3.8, 4) is 11.5 Å². The van der Waals surface area contributed by atoms with E-state index in [0.717, 1.165) is 4.90 Å². The van der Waals surface area contributed by atoms with Crippen LogP contribution in [0.1, 0.15) is 6.92 Å². The molecule has 33 heavy (non-hydrogen) atoms. The number of carbonyl (C=O) groups excluding carboxylic acids is 1. The number of carbonyl (C=O) groups is 1. The Morgan fingerprint density at radius 1 is 0.939 bits per heavy atom. The average molecular weight is 507 g/mol. The van der Waals surface area contributed by atoms with Gasteiger partial charge in [-0.2, -0.15) is 0 Å². The molecule has 7 nitrogen and oxygen atoms in total. The molecule has 3 aromatic rings. The van der Waals surface area contributed by atoms with Gasteiger partial charge in [-0.05, 0) is 67.6 Å². The zero-order valence-electron chi connectivity index (χ0n) is 18.2. The second-order valence-electron chi connectivity index (χ2n) is 6.91. The molecule has 174 valence electrons. The fourth-order valence-electron chi connectivity index (χ4n) is 2.87. The minimum atomic E-state index is -3.79. The smallest absolute Gasteiger partial charge is 0.261 e. The number of hydrogen-bond acceptors (Lipinski definition) is 6. The number of methoxy groups -OCH3 is 2. The van der Waals surface area contributed by atoms with Crippen molar-refractivity contribution >= 4 is 50.7 Å². The maximum Gasteiger partial charge on any atom is 0.261 e. The molecule has 0 saturated heterocycles. The number of nitrogens with one attached hydrogen (secondary N) is 2. The second kappa shape index (κ2) is 10.8. The largest absolute Gasteiger partial charge is 0.493 e. The van der Waals surface area contributed by atoms with Crippen LogP contribution in [-0.4, -0.2) is 33.8 Å². The number of halogens is 1. The Bertz CT molecular complexity index is 1230. The van der Waals surface area contributed by atoms with E-state index in [2.05, 4.69) is 10.0 Å². The first-order chi connectivity index (χ1) is 15.7. The van der Waals surface area contributed by atoms with Crippen LogP contribution in [-0.2, 0) is 14.8 Å². The van der Waals surface area contributed by atoms with Crippen molar-refractivity contribution in [2.75, 3.05) is 24.3 Å². The van der Waals surface area contributed by atoms with E-state index < -0.39 is 15.3 Å². The standard InChI is InChI=1S/C23H23ClN2O5S2/c1-15(32-19-9-12-21(30-2)22(14-19)31-3)23(27)25-17-7-10-20(11-8-17)33(28,29)26-18-6-4-5-16(24)13-18/h4-15,26H,1-3H3,(H,25,27)/t15-/m0/s1. The molecule has 3 aromatic carbocycles. The van der Waals surface area contributed by atoms with Crippen LogP contribution in [0.15, 0.2) is 76.5 Å². The number of anilines is 2. The normalized spacial score (nSPS) is 12.0. The van der Waals surface area contributed by atoms with Gasteiger partial charge in [0.1, 0.15) is 0 Å². The van der Waals surface area contributed by atoms with Crippen LogP contribution >= 0.6 is 23.4 Å². The van der Waals surface area contributed by atoms with Crippen molar-refractivity contribution in [2.24, 2.45) is 0 Å². The third-order valence-electron chi connectivity index (χ3n) is 4.55. The topological polar surface area (TPSA) is 93.7 Å². The van der Waals surface area contributed by atoms with E-state index in [1.54, 1.807) is 51.5 Å². The molecule has 1 amide bonds. The van der Waals surface area contributed by atoms with Gasteiger partial charge in [0.2, 0.25) is 5.91 Å². The van der Waals surface area contributed by atoms with Crippen molar-refractivity contribution in [3.63, 3.8) is 0 Å². The lowest BCUT2D eigenvalue weighted by atomic mass is 10.3. The zero-order valence-corrected chi connectivity index (χ0v) is 20.6. The minimum Gasteiger partial charge on any atom is -0.493 e. The maximum atomic E-state index is 12.6. The summed E-state index contributed by atoms with van der Waals surface area (Å²) in [6.45, 7) is 1.78. The van der Waals surface area contributed by atoms with Gasteiger partial charge < -0.3 is 14.8 Å². The molecule has 0 aliphatic rings. The quantitative estimate of drug-likeness (QED) is 0.384. The highest BCUT2D eigenvalue weighted by atomic mass is 35.5. The summed E-state index contributed by atoms with van der Waals surface area (Å²) in [6, 6.07) is 17.8. The van der Waals surface area contributed by atoms with Crippen LogP contribution in [0.4, 0.5) is 11.4 Å². The van der Waals surface area contributed by atoms with Crippen LogP contribution in [0.2, 0.25) is 5.02 Å². The molecule has 0 radical (unpaired) electrons. The first-order valence-electron chi connectivity index (χ1n) is 9.80. The highest BCUT2D eigenvalue weighted by Crippen LogP contribution is 2.33. The molecular weight excluding hydrogens is 484 g/mol. The summed E-state index contributed by atoms with van der Waals surface area (Å²) in [7, 11) is -0.680. The van der Waals surface area contributed by atoms with Crippen molar-refractivity contribution in [1.82, 2.24) is 0 Å². The van der Waals surface area contributed by atoms with Gasteiger partial charge in [-0.25, -0.2) is 8.42 Å². The summed E-state index contributed by atoms with van der Waals surface area (Å²) in [5.41, 5.74) is 0.849. The molecule has 0 unspecified atom stereocenters. The predicted octanol–water partition coefficient (Wildman–Crippen LogP) is 5.28. The summed E-state index contributed by atoms with van der Waals surface area (Å²) in [4.78, 5) is 13.5. The number of thioether (sulfide) groups is 1. The predicted molar refractivity (Wildman–Crippen MR) is 132 cm³/mol. The third-order valence-corrected chi connectivity index (χ3v) is 7.27. The molecule has 2 N–H and O–H groups in total. The maximum absolute atomic E-state index is 12.6. The number of rotatable bonds is 9. The molecule has 10 heteroatoms. The van der Waals surface area contributed by atoms with Crippen molar-refractivity contribution in [1.29, 1.82) is 0 Å². The van der Waals surface area contributed by atoms with Crippen LogP contribution in [0.3, 0.4) is 0 Å².